The number of hydrogen-bond acceptors (Lipinski definition) is 1. The van der Waals surface area contributed by atoms with Crippen molar-refractivity contribution in [1.82, 2.24) is 9.97 Å². The van der Waals surface area contributed by atoms with E-state index in [1.54, 1.807) is 6.20 Å². The van der Waals surface area contributed by atoms with Crippen LogP contribution in [0, 0.1) is 6.07 Å². The lowest BCUT2D eigenvalue weighted by Crippen LogP contribution is -1.77. The minimum absolute atomic E-state index is 0.902. The quantitative estimate of drug-likeness (QED) is 0.648. The Kier molecular flexibility index (Phi) is 1.44. The van der Waals surface area contributed by atoms with Gasteiger partial charge in [-0.15, -0.1) is 0 Å². The van der Waals surface area contributed by atoms with Gasteiger partial charge in [0.05, 0.1) is 0 Å². The molecule has 0 atom stereocenters. The van der Waals surface area contributed by atoms with Crippen molar-refractivity contribution in [3.63, 3.8) is 0 Å². The van der Waals surface area contributed by atoms with Crippen LogP contribution in [0.25, 0.3) is 11.4 Å². The van der Waals surface area contributed by atoms with Crippen LogP contribution in [0.3, 0.4) is 0 Å². The third kappa shape index (κ3) is 1.15. The van der Waals surface area contributed by atoms with Crippen molar-refractivity contribution >= 4 is 0 Å². The van der Waals surface area contributed by atoms with Crippen LogP contribution in [0.4, 0.5) is 0 Å². The van der Waals surface area contributed by atoms with Crippen LogP contribution in [-0.2, 0) is 0 Å². The molecule has 1 N–H and O–H groups in total. The molecular formula is C9H7N2. The Morgan fingerprint density at radius 1 is 1.27 bits per heavy atom. The summed E-state index contributed by atoms with van der Waals surface area (Å²) in [6, 6.07) is 10.6. The normalized spacial score (nSPS) is 9.82. The summed E-state index contributed by atoms with van der Waals surface area (Å²) in [6.45, 7) is 0. The number of nitrogens with zero attached hydrogens (tertiary/aromatic N) is 1. The molecule has 1 heterocycles. The molecule has 53 valence electrons. The number of imidazole rings is 1. The van der Waals surface area contributed by atoms with Crippen LogP contribution in [0.1, 0.15) is 0 Å². The summed E-state index contributed by atoms with van der Waals surface area (Å²) in [5, 5.41) is 0. The van der Waals surface area contributed by atoms with Crippen LogP contribution < -0.4 is 0 Å². The Bertz CT molecular complexity index is 311. The lowest BCUT2D eigenvalue weighted by molar-refractivity contribution is 1.31. The molecule has 2 nitrogen and oxygen atoms in total. The minimum atomic E-state index is 0.902. The second-order valence-corrected chi connectivity index (χ2v) is 2.23. The average Bonchev–Trinajstić information content (AvgIpc) is 2.58. The van der Waals surface area contributed by atoms with E-state index in [1.165, 1.54) is 0 Å². The zero-order chi connectivity index (χ0) is 7.52. The van der Waals surface area contributed by atoms with Crippen LogP contribution >= 0.6 is 0 Å². The number of aromatic amines is 1. The molecule has 2 heteroatoms. The molecule has 0 saturated carbocycles. The van der Waals surface area contributed by atoms with Gasteiger partial charge >= 0.3 is 0 Å². The van der Waals surface area contributed by atoms with E-state index in [1.807, 2.05) is 30.5 Å². The summed E-state index contributed by atoms with van der Waals surface area (Å²) in [6.07, 6.45) is 3.55. The number of benzene rings is 1. The summed E-state index contributed by atoms with van der Waals surface area (Å²) in [4.78, 5) is 7.15. The molecule has 0 spiro atoms. The van der Waals surface area contributed by atoms with Gasteiger partial charge in [0, 0.05) is 18.0 Å². The Labute approximate surface area is 64.9 Å². The van der Waals surface area contributed by atoms with Gasteiger partial charge in [0.25, 0.3) is 0 Å². The lowest BCUT2D eigenvalue weighted by Gasteiger charge is -1.92. The molecule has 0 saturated heterocycles. The topological polar surface area (TPSA) is 28.7 Å². The first-order valence-electron chi connectivity index (χ1n) is 3.43. The van der Waals surface area contributed by atoms with E-state index in [0.29, 0.717) is 0 Å². The van der Waals surface area contributed by atoms with Crippen LogP contribution in [-0.4, -0.2) is 9.97 Å². The lowest BCUT2D eigenvalue weighted by atomic mass is 10.2. The van der Waals surface area contributed by atoms with Gasteiger partial charge in [0.15, 0.2) is 0 Å². The largest absolute Gasteiger partial charge is 0.345 e. The zero-order valence-corrected chi connectivity index (χ0v) is 5.91. The molecule has 2 rings (SSSR count). The first kappa shape index (κ1) is 6.16. The fourth-order valence-corrected chi connectivity index (χ4v) is 0.968. The highest BCUT2D eigenvalue weighted by molar-refractivity contribution is 5.53. The van der Waals surface area contributed by atoms with Gasteiger partial charge in [-0.1, -0.05) is 24.3 Å². The molecule has 0 amide bonds. The predicted octanol–water partition coefficient (Wildman–Crippen LogP) is 1.88. The van der Waals surface area contributed by atoms with Gasteiger partial charge in [-0.05, 0) is 6.07 Å². The molecule has 0 aliphatic heterocycles. The number of H-pyrrole nitrogens is 1. The van der Waals surface area contributed by atoms with Gasteiger partial charge in [-0.3, -0.25) is 0 Å². The molecule has 0 aliphatic rings. The highest BCUT2D eigenvalue weighted by Gasteiger charge is 1.95. The van der Waals surface area contributed by atoms with Crippen LogP contribution in [0.15, 0.2) is 36.7 Å². The fraction of sp³-hybridized carbons (Fsp3) is 0. The summed E-state index contributed by atoms with van der Waals surface area (Å²) >= 11 is 0. The van der Waals surface area contributed by atoms with Crippen molar-refractivity contribution in [3.8, 4) is 11.4 Å². The van der Waals surface area contributed by atoms with E-state index in [9.17, 15) is 0 Å². The van der Waals surface area contributed by atoms with E-state index in [0.717, 1.165) is 11.4 Å². The molecule has 2 aromatic rings. The van der Waals surface area contributed by atoms with Gasteiger partial charge in [0.1, 0.15) is 5.82 Å². The monoisotopic (exact) mass is 143 g/mol. The van der Waals surface area contributed by atoms with Gasteiger partial charge in [-0.2, -0.15) is 0 Å². The van der Waals surface area contributed by atoms with E-state index in [-0.39, 0.29) is 0 Å². The predicted molar refractivity (Wildman–Crippen MR) is 42.9 cm³/mol. The standard InChI is InChI=1S/C9H7N2/c1-2-4-8(5-3-1)9-10-6-7-11-9/h2-7H,(H,10,11). The van der Waals surface area contributed by atoms with Crippen LogP contribution in [0.5, 0.6) is 0 Å². The van der Waals surface area contributed by atoms with Crippen molar-refractivity contribution in [3.05, 3.63) is 42.7 Å². The maximum atomic E-state index is 4.12. The van der Waals surface area contributed by atoms with E-state index >= 15 is 0 Å². The van der Waals surface area contributed by atoms with Crippen molar-refractivity contribution in [2.24, 2.45) is 0 Å². The van der Waals surface area contributed by atoms with E-state index < -0.39 is 0 Å². The number of nitrogens with one attached hydrogen (secondary N) is 1. The Morgan fingerprint density at radius 2 is 2.09 bits per heavy atom. The highest BCUT2D eigenvalue weighted by Crippen LogP contribution is 2.11. The zero-order valence-electron chi connectivity index (χ0n) is 5.91. The van der Waals surface area contributed by atoms with E-state index in [2.05, 4.69) is 16.0 Å². The Hall–Kier alpha value is -1.57. The van der Waals surface area contributed by atoms with E-state index in [4.69, 9.17) is 0 Å². The number of hydrogen-bond donors (Lipinski definition) is 1. The SMILES string of the molecule is [c]1ccc(-c2ncc[nH]2)cc1. The summed E-state index contributed by atoms with van der Waals surface area (Å²) in [5.41, 5.74) is 1.09. The number of aromatic nitrogens is 2. The maximum absolute atomic E-state index is 4.12. The molecule has 0 bridgehead atoms. The second-order valence-electron chi connectivity index (χ2n) is 2.23. The molecule has 1 aromatic heterocycles. The van der Waals surface area contributed by atoms with Crippen molar-refractivity contribution in [2.75, 3.05) is 0 Å². The van der Waals surface area contributed by atoms with Crippen molar-refractivity contribution < 1.29 is 0 Å². The molecule has 0 fully saturated rings. The molecular weight excluding hydrogens is 136 g/mol. The minimum Gasteiger partial charge on any atom is -0.345 e. The fourth-order valence-electron chi connectivity index (χ4n) is 0.968. The first-order chi connectivity index (χ1) is 5.47. The average molecular weight is 143 g/mol. The Morgan fingerprint density at radius 3 is 2.73 bits per heavy atom. The van der Waals surface area contributed by atoms with Gasteiger partial charge in [-0.25, -0.2) is 4.98 Å². The molecule has 0 unspecified atom stereocenters. The highest BCUT2D eigenvalue weighted by atomic mass is 14.9. The molecule has 1 radical (unpaired) electrons. The van der Waals surface area contributed by atoms with Gasteiger partial charge < -0.3 is 4.98 Å². The van der Waals surface area contributed by atoms with Crippen molar-refractivity contribution in [1.29, 1.82) is 0 Å². The van der Waals surface area contributed by atoms with Crippen molar-refractivity contribution in [2.45, 2.75) is 0 Å². The third-order valence-corrected chi connectivity index (χ3v) is 1.49. The summed E-state index contributed by atoms with van der Waals surface area (Å²) in [7, 11) is 0. The smallest absolute Gasteiger partial charge is 0.137 e. The van der Waals surface area contributed by atoms with Gasteiger partial charge in [0.2, 0.25) is 0 Å². The molecule has 11 heavy (non-hydrogen) atoms. The Balaban J connectivity index is 2.46. The third-order valence-electron chi connectivity index (χ3n) is 1.49. The summed E-state index contributed by atoms with van der Waals surface area (Å²) in [5.74, 6) is 0.902. The maximum Gasteiger partial charge on any atom is 0.137 e. The molecule has 1 aromatic carbocycles. The summed E-state index contributed by atoms with van der Waals surface area (Å²) < 4.78 is 0. The first-order valence-corrected chi connectivity index (χ1v) is 3.43. The molecule has 0 aliphatic carbocycles. The van der Waals surface area contributed by atoms with Crippen LogP contribution in [0.2, 0.25) is 0 Å². The second kappa shape index (κ2) is 2.58. The number of rotatable bonds is 1.